The maximum Gasteiger partial charge on any atom is 0.278 e. The molecule has 8 heteroatoms. The van der Waals surface area contributed by atoms with Gasteiger partial charge in [0.05, 0.1) is 22.7 Å². The maximum atomic E-state index is 13.6. The van der Waals surface area contributed by atoms with Crippen molar-refractivity contribution in [2.75, 3.05) is 18.0 Å². The summed E-state index contributed by atoms with van der Waals surface area (Å²) in [4.78, 5) is 13.4. The molecule has 36 heavy (non-hydrogen) atoms. The molecule has 0 fully saturated rings. The van der Waals surface area contributed by atoms with Crippen LogP contribution in [0.25, 0.3) is 11.1 Å². The van der Waals surface area contributed by atoms with Gasteiger partial charge in [-0.05, 0) is 48.9 Å². The number of hydrogen-bond acceptors (Lipinski definition) is 5. The zero-order chi connectivity index (χ0) is 25.7. The molecule has 4 aromatic carbocycles. The van der Waals surface area contributed by atoms with Crippen molar-refractivity contribution in [3.05, 3.63) is 108 Å². The number of hydrogen-bond donors (Lipinski definition) is 0. The van der Waals surface area contributed by atoms with Crippen molar-refractivity contribution in [3.8, 4) is 22.6 Å². The summed E-state index contributed by atoms with van der Waals surface area (Å²) in [6.07, 6.45) is 0. The summed E-state index contributed by atoms with van der Waals surface area (Å²) in [6.45, 7) is 1.33. The molecular formula is C28H24ClNO5S. The van der Waals surface area contributed by atoms with Crippen LogP contribution in [-0.2, 0) is 14.8 Å². The summed E-state index contributed by atoms with van der Waals surface area (Å²) in [6, 6.07) is 27.4. The molecule has 0 spiro atoms. The second kappa shape index (κ2) is 10.8. The normalized spacial score (nSPS) is 11.1. The zero-order valence-electron chi connectivity index (χ0n) is 19.7. The van der Waals surface area contributed by atoms with Gasteiger partial charge in [-0.1, -0.05) is 77.8 Å². The Balaban J connectivity index is 1.70. The largest absolute Gasteiger partial charge is 0.495 e. The Morgan fingerprint density at radius 3 is 2.19 bits per heavy atom. The summed E-state index contributed by atoms with van der Waals surface area (Å²) in [5, 5.41) is 0.169. The summed E-state index contributed by atoms with van der Waals surface area (Å²) in [5.74, 6) is 0.0331. The minimum absolute atomic E-state index is 0.0296. The van der Waals surface area contributed by atoms with Crippen LogP contribution >= 0.6 is 11.6 Å². The number of nitrogens with zero attached hydrogens (tertiary/aromatic N) is 1. The SMILES string of the molecule is COc1ccc(N(C(=O)COc2ccccc2-c2ccccc2)S(=O)(=O)c2ccc(C)cc2)cc1Cl. The number of carbonyl (C=O) groups excluding carboxylic acids is 1. The Morgan fingerprint density at radius 1 is 0.861 bits per heavy atom. The van der Waals surface area contributed by atoms with Crippen LogP contribution in [-0.4, -0.2) is 28.0 Å². The molecule has 0 N–H and O–H groups in total. The predicted octanol–water partition coefficient (Wildman–Crippen LogP) is 6.12. The van der Waals surface area contributed by atoms with Crippen LogP contribution < -0.4 is 13.8 Å². The van der Waals surface area contributed by atoms with E-state index in [0.29, 0.717) is 15.8 Å². The van der Waals surface area contributed by atoms with E-state index in [1.54, 1.807) is 24.3 Å². The highest BCUT2D eigenvalue weighted by molar-refractivity contribution is 7.93. The Morgan fingerprint density at radius 2 is 1.53 bits per heavy atom. The number of benzene rings is 4. The van der Waals surface area contributed by atoms with E-state index in [4.69, 9.17) is 21.1 Å². The third-order valence-corrected chi connectivity index (χ3v) is 7.54. The van der Waals surface area contributed by atoms with Gasteiger partial charge < -0.3 is 9.47 Å². The first-order valence-corrected chi connectivity index (χ1v) is 12.9. The molecule has 0 bridgehead atoms. The predicted molar refractivity (Wildman–Crippen MR) is 141 cm³/mol. The fraction of sp³-hybridized carbons (Fsp3) is 0.107. The number of sulfonamides is 1. The number of rotatable bonds is 8. The minimum atomic E-state index is -4.27. The molecule has 0 aliphatic rings. The van der Waals surface area contributed by atoms with Crippen molar-refractivity contribution >= 4 is 33.2 Å². The molecule has 0 saturated heterocycles. The Hall–Kier alpha value is -3.81. The first kappa shape index (κ1) is 25.3. The van der Waals surface area contributed by atoms with Gasteiger partial charge in [0.2, 0.25) is 0 Å². The van der Waals surface area contributed by atoms with Crippen LogP contribution in [0.4, 0.5) is 5.69 Å². The smallest absolute Gasteiger partial charge is 0.278 e. The number of methoxy groups -OCH3 is 1. The molecule has 0 unspecified atom stereocenters. The van der Waals surface area contributed by atoms with Crippen molar-refractivity contribution in [2.24, 2.45) is 0 Å². The number of ether oxygens (including phenoxy) is 2. The lowest BCUT2D eigenvalue weighted by Gasteiger charge is -2.23. The summed E-state index contributed by atoms with van der Waals surface area (Å²) in [5.41, 5.74) is 2.66. The highest BCUT2D eigenvalue weighted by atomic mass is 35.5. The number of halogens is 1. The number of anilines is 1. The van der Waals surface area contributed by atoms with Gasteiger partial charge in [0, 0.05) is 5.56 Å². The second-order valence-electron chi connectivity index (χ2n) is 7.95. The maximum absolute atomic E-state index is 13.6. The minimum Gasteiger partial charge on any atom is -0.495 e. The van der Waals surface area contributed by atoms with Crippen LogP contribution in [0.1, 0.15) is 5.56 Å². The Kier molecular flexibility index (Phi) is 7.62. The summed E-state index contributed by atoms with van der Waals surface area (Å²) < 4.78 is 39.0. The average Bonchev–Trinajstić information content (AvgIpc) is 2.88. The molecule has 0 aliphatic carbocycles. The van der Waals surface area contributed by atoms with E-state index in [0.717, 1.165) is 16.7 Å². The summed E-state index contributed by atoms with van der Waals surface area (Å²) in [7, 11) is -2.82. The first-order chi connectivity index (χ1) is 17.3. The molecule has 184 valence electrons. The van der Waals surface area contributed by atoms with Gasteiger partial charge in [0.1, 0.15) is 11.5 Å². The van der Waals surface area contributed by atoms with Crippen molar-refractivity contribution in [3.63, 3.8) is 0 Å². The molecular weight excluding hydrogens is 498 g/mol. The van der Waals surface area contributed by atoms with E-state index >= 15 is 0 Å². The standard InChI is InChI=1S/C28H24ClNO5S/c1-20-12-15-23(16-13-20)36(32,33)30(22-14-17-27(34-2)25(29)18-22)28(31)19-35-26-11-7-6-10-24(26)21-8-4-3-5-9-21/h3-18H,19H2,1-2H3. The number of carbonyl (C=O) groups is 1. The molecule has 0 radical (unpaired) electrons. The van der Waals surface area contributed by atoms with Crippen LogP contribution in [0.5, 0.6) is 11.5 Å². The van der Waals surface area contributed by atoms with Gasteiger partial charge in [-0.15, -0.1) is 0 Å². The fourth-order valence-corrected chi connectivity index (χ4v) is 5.32. The Bertz CT molecular complexity index is 1470. The Labute approximate surface area is 215 Å². The van der Waals surface area contributed by atoms with Crippen molar-refractivity contribution in [2.45, 2.75) is 11.8 Å². The average molecular weight is 522 g/mol. The number of amides is 1. The van der Waals surface area contributed by atoms with E-state index in [-0.39, 0.29) is 15.6 Å². The van der Waals surface area contributed by atoms with Crippen LogP contribution in [0.15, 0.2) is 102 Å². The van der Waals surface area contributed by atoms with Gasteiger partial charge in [-0.25, -0.2) is 8.42 Å². The van der Waals surface area contributed by atoms with Crippen LogP contribution in [0.3, 0.4) is 0 Å². The highest BCUT2D eigenvalue weighted by Crippen LogP contribution is 2.33. The van der Waals surface area contributed by atoms with E-state index in [9.17, 15) is 13.2 Å². The molecule has 0 heterocycles. The molecule has 0 saturated carbocycles. The van der Waals surface area contributed by atoms with Gasteiger partial charge in [0.25, 0.3) is 15.9 Å². The van der Waals surface area contributed by atoms with Crippen molar-refractivity contribution in [1.82, 2.24) is 0 Å². The molecule has 4 aromatic rings. The van der Waals surface area contributed by atoms with E-state index in [1.165, 1.54) is 37.4 Å². The first-order valence-electron chi connectivity index (χ1n) is 11.1. The quantitative estimate of drug-likeness (QED) is 0.279. The van der Waals surface area contributed by atoms with Gasteiger partial charge in [-0.2, -0.15) is 4.31 Å². The lowest BCUT2D eigenvalue weighted by atomic mass is 10.1. The number of aryl methyl sites for hydroxylation is 1. The molecule has 4 rings (SSSR count). The molecule has 1 amide bonds. The van der Waals surface area contributed by atoms with Crippen LogP contribution in [0.2, 0.25) is 5.02 Å². The molecule has 0 atom stereocenters. The zero-order valence-corrected chi connectivity index (χ0v) is 21.3. The third kappa shape index (κ3) is 5.37. The topological polar surface area (TPSA) is 72.9 Å². The van der Waals surface area contributed by atoms with E-state index in [2.05, 4.69) is 0 Å². The van der Waals surface area contributed by atoms with Gasteiger partial charge in [0.15, 0.2) is 6.61 Å². The molecule has 6 nitrogen and oxygen atoms in total. The molecule has 0 aromatic heterocycles. The fourth-order valence-electron chi connectivity index (χ4n) is 3.66. The van der Waals surface area contributed by atoms with Gasteiger partial charge in [-0.3, -0.25) is 4.79 Å². The van der Waals surface area contributed by atoms with E-state index < -0.39 is 22.5 Å². The number of para-hydroxylation sites is 1. The van der Waals surface area contributed by atoms with Crippen LogP contribution in [0, 0.1) is 6.92 Å². The summed E-state index contributed by atoms with van der Waals surface area (Å²) >= 11 is 6.27. The van der Waals surface area contributed by atoms with E-state index in [1.807, 2.05) is 49.4 Å². The highest BCUT2D eigenvalue weighted by Gasteiger charge is 2.32. The lowest BCUT2D eigenvalue weighted by molar-refractivity contribution is -0.119. The van der Waals surface area contributed by atoms with Gasteiger partial charge >= 0.3 is 0 Å². The van der Waals surface area contributed by atoms with Crippen molar-refractivity contribution in [1.29, 1.82) is 0 Å². The lowest BCUT2D eigenvalue weighted by Crippen LogP contribution is -2.40. The second-order valence-corrected chi connectivity index (χ2v) is 10.1. The van der Waals surface area contributed by atoms with Crippen molar-refractivity contribution < 1.29 is 22.7 Å². The monoisotopic (exact) mass is 521 g/mol. The third-order valence-electron chi connectivity index (χ3n) is 5.48. The molecule has 0 aliphatic heterocycles.